The Kier molecular flexibility index (Phi) is 7.82. The first-order chi connectivity index (χ1) is 14.1. The first-order valence-electron chi connectivity index (χ1n) is 11.4. The molecule has 0 bridgehead atoms. The van der Waals surface area contributed by atoms with Crippen molar-refractivity contribution in [3.05, 3.63) is 0 Å². The van der Waals surface area contributed by atoms with Gasteiger partial charge in [-0.2, -0.15) is 17.0 Å². The predicted molar refractivity (Wildman–Crippen MR) is 115 cm³/mol. The highest BCUT2D eigenvalue weighted by molar-refractivity contribution is 7.86. The fourth-order valence-electron chi connectivity index (χ4n) is 4.69. The molecular formula is C21H39N3O5S. The third-order valence-corrected chi connectivity index (χ3v) is 8.21. The first kappa shape index (κ1) is 23.9. The number of hydrogen-bond donors (Lipinski definition) is 0. The van der Waals surface area contributed by atoms with Gasteiger partial charge in [0.15, 0.2) is 5.79 Å². The Morgan fingerprint density at radius 3 is 1.93 bits per heavy atom. The van der Waals surface area contributed by atoms with Crippen LogP contribution < -0.4 is 0 Å². The molecule has 0 unspecified atom stereocenters. The standard InChI is InChI=1S/C21H39N3O5S/c1-17(2)15-24(16-18(3)4)30(26,27)23-9-5-19(6-10-23)20(25)22-11-7-21(8-12-22)28-13-14-29-21/h17-19H,5-16H2,1-4H3. The Labute approximate surface area is 182 Å². The Morgan fingerprint density at radius 2 is 1.47 bits per heavy atom. The summed E-state index contributed by atoms with van der Waals surface area (Å²) >= 11 is 0. The van der Waals surface area contributed by atoms with E-state index < -0.39 is 16.0 Å². The van der Waals surface area contributed by atoms with Gasteiger partial charge in [-0.1, -0.05) is 27.7 Å². The van der Waals surface area contributed by atoms with Crippen molar-refractivity contribution in [2.45, 2.75) is 59.2 Å². The maximum absolute atomic E-state index is 13.2. The SMILES string of the molecule is CC(C)CN(CC(C)C)S(=O)(=O)N1CCC(C(=O)N2CCC3(CC2)OCCO3)CC1. The van der Waals surface area contributed by atoms with Crippen LogP contribution in [0.3, 0.4) is 0 Å². The number of piperidine rings is 2. The first-order valence-corrected chi connectivity index (χ1v) is 12.8. The molecule has 3 heterocycles. The van der Waals surface area contributed by atoms with Gasteiger partial charge in [0.1, 0.15) is 0 Å². The second kappa shape index (κ2) is 9.81. The highest BCUT2D eigenvalue weighted by atomic mass is 32.2. The second-order valence-corrected chi connectivity index (χ2v) is 11.6. The molecule has 9 heteroatoms. The third-order valence-electron chi connectivity index (χ3n) is 6.24. The fraction of sp³-hybridized carbons (Fsp3) is 0.952. The van der Waals surface area contributed by atoms with E-state index >= 15 is 0 Å². The van der Waals surface area contributed by atoms with Gasteiger partial charge in [0.25, 0.3) is 10.2 Å². The van der Waals surface area contributed by atoms with E-state index in [-0.39, 0.29) is 23.7 Å². The lowest BCUT2D eigenvalue weighted by Crippen LogP contribution is -2.52. The summed E-state index contributed by atoms with van der Waals surface area (Å²) in [6.45, 7) is 12.6. The molecular weight excluding hydrogens is 406 g/mol. The minimum Gasteiger partial charge on any atom is -0.347 e. The molecule has 0 atom stereocenters. The smallest absolute Gasteiger partial charge is 0.281 e. The summed E-state index contributed by atoms with van der Waals surface area (Å²) in [7, 11) is -3.49. The molecule has 174 valence electrons. The number of hydrogen-bond acceptors (Lipinski definition) is 5. The van der Waals surface area contributed by atoms with Gasteiger partial charge in [-0.05, 0) is 24.7 Å². The van der Waals surface area contributed by atoms with Crippen LogP contribution in [0.1, 0.15) is 53.4 Å². The van der Waals surface area contributed by atoms with Crippen LogP contribution in [0, 0.1) is 17.8 Å². The van der Waals surface area contributed by atoms with Crippen molar-refractivity contribution in [1.82, 2.24) is 13.5 Å². The predicted octanol–water partition coefficient (Wildman–Crippen LogP) is 1.92. The largest absolute Gasteiger partial charge is 0.347 e. The van der Waals surface area contributed by atoms with Crippen molar-refractivity contribution in [2.75, 3.05) is 52.5 Å². The number of carbonyl (C=O) groups excluding carboxylic acids is 1. The molecule has 0 saturated carbocycles. The van der Waals surface area contributed by atoms with E-state index in [1.54, 1.807) is 8.61 Å². The van der Waals surface area contributed by atoms with Crippen LogP contribution in [0.15, 0.2) is 0 Å². The van der Waals surface area contributed by atoms with Crippen molar-refractivity contribution in [3.8, 4) is 0 Å². The summed E-state index contributed by atoms with van der Waals surface area (Å²) < 4.78 is 41.1. The highest BCUT2D eigenvalue weighted by Gasteiger charge is 2.42. The van der Waals surface area contributed by atoms with Gasteiger partial charge in [0.05, 0.1) is 13.2 Å². The lowest BCUT2D eigenvalue weighted by molar-refractivity contribution is -0.188. The zero-order valence-electron chi connectivity index (χ0n) is 19.0. The van der Waals surface area contributed by atoms with Crippen LogP contribution in [0.2, 0.25) is 0 Å². The average Bonchev–Trinajstić information content (AvgIpc) is 3.15. The highest BCUT2D eigenvalue weighted by Crippen LogP contribution is 2.33. The Morgan fingerprint density at radius 1 is 0.967 bits per heavy atom. The minimum atomic E-state index is -3.49. The van der Waals surface area contributed by atoms with Crippen LogP contribution in [0.4, 0.5) is 0 Å². The second-order valence-electron chi connectivity index (χ2n) is 9.72. The molecule has 8 nitrogen and oxygen atoms in total. The van der Waals surface area contributed by atoms with Crippen molar-refractivity contribution in [3.63, 3.8) is 0 Å². The van der Waals surface area contributed by atoms with Crippen molar-refractivity contribution in [2.24, 2.45) is 17.8 Å². The Balaban J connectivity index is 1.53. The molecule has 3 saturated heterocycles. The Bertz CT molecular complexity index is 663. The van der Waals surface area contributed by atoms with Crippen LogP contribution in [-0.4, -0.2) is 86.1 Å². The van der Waals surface area contributed by atoms with Gasteiger partial charge in [-0.3, -0.25) is 4.79 Å². The lowest BCUT2D eigenvalue weighted by Gasteiger charge is -2.40. The van der Waals surface area contributed by atoms with E-state index in [1.807, 2.05) is 32.6 Å². The molecule has 3 aliphatic rings. The van der Waals surface area contributed by atoms with Gasteiger partial charge in [0, 0.05) is 58.0 Å². The molecule has 0 aromatic rings. The van der Waals surface area contributed by atoms with Crippen molar-refractivity contribution in [1.29, 1.82) is 0 Å². The summed E-state index contributed by atoms with van der Waals surface area (Å²) in [5.41, 5.74) is 0. The summed E-state index contributed by atoms with van der Waals surface area (Å²) in [5, 5.41) is 0. The normalized spacial score (nSPS) is 23.9. The quantitative estimate of drug-likeness (QED) is 0.598. The number of nitrogens with zero attached hydrogens (tertiary/aromatic N) is 3. The number of ether oxygens (including phenoxy) is 2. The molecule has 1 amide bonds. The van der Waals surface area contributed by atoms with E-state index in [0.717, 1.165) is 0 Å². The monoisotopic (exact) mass is 445 g/mol. The zero-order valence-corrected chi connectivity index (χ0v) is 19.8. The van der Waals surface area contributed by atoms with Crippen molar-refractivity contribution < 1.29 is 22.7 Å². The van der Waals surface area contributed by atoms with Gasteiger partial charge in [0.2, 0.25) is 5.91 Å². The third kappa shape index (κ3) is 5.54. The fourth-order valence-corrected chi connectivity index (χ4v) is 6.66. The molecule has 1 spiro atoms. The maximum atomic E-state index is 13.2. The molecule has 0 aliphatic carbocycles. The Hall–Kier alpha value is -0.740. The van der Waals surface area contributed by atoms with E-state index in [4.69, 9.17) is 9.47 Å². The molecule has 0 radical (unpaired) electrons. The summed E-state index contributed by atoms with van der Waals surface area (Å²) in [6.07, 6.45) is 2.60. The van der Waals surface area contributed by atoms with Gasteiger partial charge < -0.3 is 14.4 Å². The zero-order chi connectivity index (χ0) is 21.9. The van der Waals surface area contributed by atoms with Gasteiger partial charge >= 0.3 is 0 Å². The number of rotatable bonds is 7. The molecule has 3 aliphatic heterocycles. The van der Waals surface area contributed by atoms with Crippen LogP contribution in [0.5, 0.6) is 0 Å². The number of carbonyl (C=O) groups is 1. The average molecular weight is 446 g/mol. The number of likely N-dealkylation sites (tertiary alicyclic amines) is 1. The number of amides is 1. The minimum absolute atomic E-state index is 0.0976. The molecule has 3 fully saturated rings. The summed E-state index contributed by atoms with van der Waals surface area (Å²) in [4.78, 5) is 14.9. The van der Waals surface area contributed by atoms with E-state index in [2.05, 4.69) is 0 Å². The van der Waals surface area contributed by atoms with E-state index in [0.29, 0.717) is 78.2 Å². The van der Waals surface area contributed by atoms with Crippen LogP contribution in [0.25, 0.3) is 0 Å². The van der Waals surface area contributed by atoms with Crippen LogP contribution in [-0.2, 0) is 24.5 Å². The summed E-state index contributed by atoms with van der Waals surface area (Å²) in [6, 6.07) is 0. The topological polar surface area (TPSA) is 79.4 Å². The van der Waals surface area contributed by atoms with Crippen molar-refractivity contribution >= 4 is 16.1 Å². The molecule has 0 aromatic heterocycles. The van der Waals surface area contributed by atoms with E-state index in [1.165, 1.54) is 0 Å². The van der Waals surface area contributed by atoms with Gasteiger partial charge in [-0.15, -0.1) is 0 Å². The molecule has 3 rings (SSSR count). The van der Waals surface area contributed by atoms with E-state index in [9.17, 15) is 13.2 Å². The maximum Gasteiger partial charge on any atom is 0.281 e. The van der Waals surface area contributed by atoms with Crippen LogP contribution >= 0.6 is 0 Å². The molecule has 30 heavy (non-hydrogen) atoms. The summed E-state index contributed by atoms with van der Waals surface area (Å²) in [5.74, 6) is 0.117. The molecule has 0 N–H and O–H groups in total. The lowest BCUT2D eigenvalue weighted by atomic mass is 9.94. The molecule has 0 aromatic carbocycles. The van der Waals surface area contributed by atoms with Gasteiger partial charge in [-0.25, -0.2) is 0 Å².